The molecular weight excluding hydrogens is 312 g/mol. The molecule has 0 bridgehead atoms. The van der Waals surface area contributed by atoms with E-state index in [9.17, 15) is 9.59 Å². The van der Waals surface area contributed by atoms with Gasteiger partial charge in [-0.25, -0.2) is 14.3 Å². The van der Waals surface area contributed by atoms with Crippen molar-refractivity contribution < 1.29 is 14.2 Å². The first-order valence-electron chi connectivity index (χ1n) is 7.32. The Kier molecular flexibility index (Phi) is 3.97. The van der Waals surface area contributed by atoms with Gasteiger partial charge in [0, 0.05) is 12.8 Å². The lowest BCUT2D eigenvalue weighted by atomic mass is 10.2. The minimum Gasteiger partial charge on any atom is -0.269 e. The van der Waals surface area contributed by atoms with Crippen molar-refractivity contribution in [3.8, 4) is 0 Å². The Hall–Kier alpha value is -2.15. The normalized spacial score (nSPS) is 21.0. The molecule has 2 aliphatic rings. The molecule has 1 saturated heterocycles. The Balaban J connectivity index is 1.83. The van der Waals surface area contributed by atoms with Crippen molar-refractivity contribution in [1.82, 2.24) is 9.80 Å². The highest BCUT2D eigenvalue weighted by atomic mass is 32.2. The molecule has 2 heterocycles. The number of amides is 3. The van der Waals surface area contributed by atoms with E-state index in [0.717, 1.165) is 15.8 Å². The average Bonchev–Trinajstić information content (AvgIpc) is 2.86. The first-order chi connectivity index (χ1) is 10.9. The van der Waals surface area contributed by atoms with Gasteiger partial charge in [-0.1, -0.05) is 29.8 Å². The molecule has 6 nitrogen and oxygen atoms in total. The number of thioether (sulfide) groups is 1. The molecule has 0 aromatic heterocycles. The van der Waals surface area contributed by atoms with Gasteiger partial charge in [-0.05, 0) is 24.2 Å². The van der Waals surface area contributed by atoms with E-state index in [2.05, 4.69) is 30.1 Å². The minimum absolute atomic E-state index is 0.277. The molecule has 1 fully saturated rings. The summed E-state index contributed by atoms with van der Waals surface area (Å²) in [5, 5.41) is 0.759. The van der Waals surface area contributed by atoms with Crippen LogP contribution in [0.25, 0.3) is 0 Å². The van der Waals surface area contributed by atoms with Crippen LogP contribution in [0.15, 0.2) is 29.3 Å². The van der Waals surface area contributed by atoms with Gasteiger partial charge < -0.3 is 0 Å². The lowest BCUT2D eigenvalue weighted by molar-refractivity contribution is -0.367. The number of aryl methyl sites for hydroxylation is 1. The summed E-state index contributed by atoms with van der Waals surface area (Å²) in [4.78, 5) is 31.5. The van der Waals surface area contributed by atoms with E-state index in [1.165, 1.54) is 23.1 Å². The van der Waals surface area contributed by atoms with Gasteiger partial charge in [0.15, 0.2) is 0 Å². The van der Waals surface area contributed by atoms with Gasteiger partial charge in [0.25, 0.3) is 23.0 Å². The highest BCUT2D eigenvalue weighted by Gasteiger charge is 2.51. The largest absolute Gasteiger partial charge is 0.388 e. The molecule has 0 radical (unpaired) electrons. The van der Waals surface area contributed by atoms with Crippen molar-refractivity contribution >= 4 is 34.7 Å². The molecule has 1 aromatic rings. The number of benzene rings is 1. The molecule has 3 rings (SSSR count). The third kappa shape index (κ3) is 2.65. The van der Waals surface area contributed by atoms with Crippen molar-refractivity contribution in [2.75, 3.05) is 21.1 Å². The molecule has 7 heteroatoms. The molecule has 0 spiro atoms. The van der Waals surface area contributed by atoms with Crippen molar-refractivity contribution in [2.24, 2.45) is 4.99 Å². The number of fused-ring (bicyclic) bond motifs is 1. The van der Waals surface area contributed by atoms with Crippen LogP contribution >= 0.6 is 11.8 Å². The summed E-state index contributed by atoms with van der Waals surface area (Å²) < 4.78 is 1.84. The minimum atomic E-state index is -0.618. The van der Waals surface area contributed by atoms with Crippen LogP contribution in [0.3, 0.4) is 0 Å². The van der Waals surface area contributed by atoms with E-state index < -0.39 is 6.04 Å². The van der Waals surface area contributed by atoms with Crippen molar-refractivity contribution in [3.05, 3.63) is 35.4 Å². The second-order valence-corrected chi connectivity index (χ2v) is 6.69. The number of hydrogen-bond acceptors (Lipinski definition) is 4. The second-order valence-electron chi connectivity index (χ2n) is 5.75. The second kappa shape index (κ2) is 5.81. The van der Waals surface area contributed by atoms with E-state index in [1.807, 2.05) is 17.7 Å². The zero-order valence-electron chi connectivity index (χ0n) is 13.6. The molecule has 1 atom stereocenters. The summed E-state index contributed by atoms with van der Waals surface area (Å²) in [7, 11) is 5.01. The van der Waals surface area contributed by atoms with Gasteiger partial charge in [0.2, 0.25) is 0 Å². The van der Waals surface area contributed by atoms with E-state index in [1.54, 1.807) is 18.8 Å². The van der Waals surface area contributed by atoms with Crippen LogP contribution in [-0.2, 0) is 10.5 Å². The molecule has 23 heavy (non-hydrogen) atoms. The van der Waals surface area contributed by atoms with Crippen LogP contribution in [0.1, 0.15) is 11.1 Å². The summed E-state index contributed by atoms with van der Waals surface area (Å²) in [6, 6.07) is 7.36. The van der Waals surface area contributed by atoms with Gasteiger partial charge in [-0.2, -0.15) is 0 Å². The third-order valence-corrected chi connectivity index (χ3v) is 5.16. The summed E-state index contributed by atoms with van der Waals surface area (Å²) in [6.45, 7) is 2.06. The molecule has 120 valence electrons. The zero-order chi connectivity index (χ0) is 16.7. The molecule has 2 aliphatic heterocycles. The van der Waals surface area contributed by atoms with E-state index >= 15 is 0 Å². The van der Waals surface area contributed by atoms with Crippen LogP contribution < -0.4 is 0 Å². The summed E-state index contributed by atoms with van der Waals surface area (Å²) in [5.41, 5.74) is 2.42. The number of nitrogens with zero attached hydrogens (tertiary/aromatic N) is 4. The lowest BCUT2D eigenvalue weighted by Gasteiger charge is -2.27. The highest BCUT2D eigenvalue weighted by molar-refractivity contribution is 8.12. The number of urea groups is 1. The quantitative estimate of drug-likeness (QED) is 0.772. The highest BCUT2D eigenvalue weighted by Crippen LogP contribution is 2.24. The number of carbonyl (C=O) groups excluding carboxylic acids is 2. The molecular formula is C16H19N4O2S+. The fourth-order valence-electron chi connectivity index (χ4n) is 2.79. The maximum Gasteiger partial charge on any atom is 0.388 e. The fourth-order valence-corrected chi connectivity index (χ4v) is 3.74. The van der Waals surface area contributed by atoms with Crippen LogP contribution in [0.5, 0.6) is 0 Å². The molecule has 3 amide bonds. The number of likely N-dealkylation sites (N-methyl/N-ethyl adjacent to an activating group) is 2. The Labute approximate surface area is 139 Å². The topological polar surface area (TPSA) is 56.0 Å². The number of amidine groups is 2. The lowest BCUT2D eigenvalue weighted by Crippen LogP contribution is -2.59. The molecule has 0 N–H and O–H groups in total. The van der Waals surface area contributed by atoms with Gasteiger partial charge in [0.05, 0.1) is 14.1 Å². The predicted molar refractivity (Wildman–Crippen MR) is 90.8 cm³/mol. The first-order valence-corrected chi connectivity index (χ1v) is 8.30. The first kappa shape index (κ1) is 15.7. The van der Waals surface area contributed by atoms with Crippen molar-refractivity contribution in [2.45, 2.75) is 18.7 Å². The Morgan fingerprint density at radius 1 is 1.26 bits per heavy atom. The average molecular weight is 331 g/mol. The summed E-state index contributed by atoms with van der Waals surface area (Å²) in [5.74, 6) is 1.12. The number of imide groups is 1. The maximum atomic E-state index is 12.3. The van der Waals surface area contributed by atoms with Gasteiger partial charge in [-0.15, -0.1) is 4.99 Å². The molecule has 0 saturated carbocycles. The van der Waals surface area contributed by atoms with E-state index in [4.69, 9.17) is 0 Å². The third-order valence-electron chi connectivity index (χ3n) is 4.05. The monoisotopic (exact) mass is 331 g/mol. The SMILES string of the molecule is Cc1cccc(CSC2=NC3C(=O)N(C)C(=O)N(C)C3=[N+]2C)c1. The Morgan fingerprint density at radius 2 is 2.00 bits per heavy atom. The van der Waals surface area contributed by atoms with Gasteiger partial charge in [-0.3, -0.25) is 9.69 Å². The van der Waals surface area contributed by atoms with Gasteiger partial charge in [0.1, 0.15) is 0 Å². The van der Waals surface area contributed by atoms with Gasteiger partial charge >= 0.3 is 6.03 Å². The number of hydrogen-bond donors (Lipinski definition) is 0. The van der Waals surface area contributed by atoms with Crippen LogP contribution in [0.4, 0.5) is 4.79 Å². The zero-order valence-corrected chi connectivity index (χ0v) is 14.4. The number of aliphatic imine (C=N–C) groups is 1. The summed E-state index contributed by atoms with van der Waals surface area (Å²) >= 11 is 1.57. The molecule has 0 aliphatic carbocycles. The standard InChI is InChI=1S/C16H19N4O2S/c1-10-6-5-7-11(8-10)9-23-15-17-12-13(18(15)2)19(3)16(22)20(4)14(12)21/h5-8,12H,9H2,1-4H3/q+1. The Bertz CT molecular complexity index is 756. The van der Waals surface area contributed by atoms with Crippen LogP contribution in [-0.4, -0.2) is 64.5 Å². The summed E-state index contributed by atoms with van der Waals surface area (Å²) in [6.07, 6.45) is 0. The molecule has 1 unspecified atom stereocenters. The smallest absolute Gasteiger partial charge is 0.269 e. The van der Waals surface area contributed by atoms with E-state index in [-0.39, 0.29) is 11.9 Å². The maximum absolute atomic E-state index is 12.3. The molecule has 1 aromatic carbocycles. The van der Waals surface area contributed by atoms with Crippen molar-refractivity contribution in [1.29, 1.82) is 0 Å². The van der Waals surface area contributed by atoms with Crippen LogP contribution in [0, 0.1) is 6.92 Å². The predicted octanol–water partition coefficient (Wildman–Crippen LogP) is 1.53. The van der Waals surface area contributed by atoms with Crippen LogP contribution in [0.2, 0.25) is 0 Å². The Morgan fingerprint density at radius 3 is 2.70 bits per heavy atom. The number of rotatable bonds is 2. The fraction of sp³-hybridized carbons (Fsp3) is 0.375. The number of carbonyl (C=O) groups is 2. The van der Waals surface area contributed by atoms with Crippen molar-refractivity contribution in [3.63, 3.8) is 0 Å². The van der Waals surface area contributed by atoms with E-state index in [0.29, 0.717) is 5.84 Å².